The van der Waals surface area contributed by atoms with E-state index in [0.717, 1.165) is 47.6 Å². The van der Waals surface area contributed by atoms with Crippen molar-refractivity contribution in [1.82, 2.24) is 18.7 Å². The highest BCUT2D eigenvalue weighted by atomic mass is 35.5. The maximum Gasteiger partial charge on any atom is 0.224 e. The first-order valence-electron chi connectivity index (χ1n) is 7.73. The van der Waals surface area contributed by atoms with Gasteiger partial charge in [0.1, 0.15) is 0 Å². The minimum Gasteiger partial charge on any atom is -0.368 e. The zero-order valence-electron chi connectivity index (χ0n) is 12.6. The van der Waals surface area contributed by atoms with Crippen LogP contribution >= 0.6 is 23.3 Å². The Morgan fingerprint density at radius 2 is 1.79 bits per heavy atom. The fraction of sp³-hybridized carbons (Fsp3) is 0.333. The lowest BCUT2D eigenvalue weighted by Crippen LogP contribution is -2.47. The number of piperazine rings is 1. The number of nitrogen functional groups attached to an aromatic ring is 1. The number of nitrogens with zero attached hydrogens (tertiary/aromatic N) is 6. The van der Waals surface area contributed by atoms with Crippen molar-refractivity contribution in [3.8, 4) is 0 Å². The van der Waals surface area contributed by atoms with E-state index in [2.05, 4.69) is 40.6 Å². The molecule has 2 saturated heterocycles. The Balaban J connectivity index is 1.46. The highest BCUT2D eigenvalue weighted by Gasteiger charge is 2.44. The van der Waals surface area contributed by atoms with Crippen LogP contribution in [0.1, 0.15) is 6.42 Å². The molecule has 2 aromatic heterocycles. The molecule has 2 fully saturated rings. The molecule has 0 unspecified atom stereocenters. The first-order chi connectivity index (χ1) is 11.7. The third kappa shape index (κ3) is 2.10. The number of anilines is 3. The van der Waals surface area contributed by atoms with Gasteiger partial charge >= 0.3 is 0 Å². The number of fused-ring (bicyclic) bond motifs is 3. The molecule has 0 amide bonds. The molecule has 5 rings (SSSR count). The molecule has 2 bridgehead atoms. The number of hydrogen-bond acceptors (Lipinski definition) is 8. The molecule has 2 atom stereocenters. The normalized spacial score (nSPS) is 22.7. The SMILES string of the molecule is Nc1nc(N2C[C@@H]3C[C@H]2CN3c2ccc(Cl)cc2)c2nsnc2n1. The van der Waals surface area contributed by atoms with Crippen molar-refractivity contribution < 1.29 is 0 Å². The monoisotopic (exact) mass is 359 g/mol. The Bertz CT molecular complexity index is 912. The maximum atomic E-state index is 6.00. The van der Waals surface area contributed by atoms with Crippen molar-refractivity contribution >= 4 is 51.9 Å². The smallest absolute Gasteiger partial charge is 0.224 e. The first kappa shape index (κ1) is 14.2. The summed E-state index contributed by atoms with van der Waals surface area (Å²) in [5, 5.41) is 0.764. The van der Waals surface area contributed by atoms with Crippen LogP contribution in [0.4, 0.5) is 17.5 Å². The molecule has 7 nitrogen and oxygen atoms in total. The van der Waals surface area contributed by atoms with E-state index in [4.69, 9.17) is 17.3 Å². The van der Waals surface area contributed by atoms with Crippen LogP contribution in [0.3, 0.4) is 0 Å². The van der Waals surface area contributed by atoms with Crippen molar-refractivity contribution in [3.05, 3.63) is 29.3 Å². The summed E-state index contributed by atoms with van der Waals surface area (Å²) in [5.74, 6) is 1.07. The summed E-state index contributed by atoms with van der Waals surface area (Å²) in [6, 6.07) is 8.89. The van der Waals surface area contributed by atoms with Crippen LogP contribution in [0.2, 0.25) is 5.02 Å². The van der Waals surface area contributed by atoms with Crippen LogP contribution in [0, 0.1) is 0 Å². The van der Waals surface area contributed by atoms with Crippen molar-refractivity contribution in [3.63, 3.8) is 0 Å². The molecule has 9 heteroatoms. The molecule has 2 aliphatic heterocycles. The minimum atomic E-state index is 0.252. The second-order valence-corrected chi connectivity index (χ2v) is 7.13. The largest absolute Gasteiger partial charge is 0.368 e. The van der Waals surface area contributed by atoms with Gasteiger partial charge in [-0.2, -0.15) is 18.7 Å². The van der Waals surface area contributed by atoms with Gasteiger partial charge in [0.25, 0.3) is 0 Å². The number of benzene rings is 1. The molecule has 2 N–H and O–H groups in total. The van der Waals surface area contributed by atoms with Gasteiger partial charge in [-0.05, 0) is 30.7 Å². The van der Waals surface area contributed by atoms with Crippen molar-refractivity contribution in [1.29, 1.82) is 0 Å². The van der Waals surface area contributed by atoms with Gasteiger partial charge in [0.2, 0.25) is 11.6 Å². The summed E-state index contributed by atoms with van der Waals surface area (Å²) in [7, 11) is 0. The molecule has 2 aliphatic rings. The molecular weight excluding hydrogens is 346 g/mol. The predicted molar refractivity (Wildman–Crippen MR) is 95.8 cm³/mol. The first-order valence-corrected chi connectivity index (χ1v) is 8.84. The lowest BCUT2D eigenvalue weighted by molar-refractivity contribution is 0.642. The van der Waals surface area contributed by atoms with E-state index in [0.29, 0.717) is 17.7 Å². The van der Waals surface area contributed by atoms with E-state index in [1.165, 1.54) is 5.69 Å². The highest BCUT2D eigenvalue weighted by Crippen LogP contribution is 2.38. The third-order valence-electron chi connectivity index (χ3n) is 4.79. The third-order valence-corrected chi connectivity index (χ3v) is 5.57. The number of hydrogen-bond donors (Lipinski definition) is 1. The molecule has 0 aliphatic carbocycles. The summed E-state index contributed by atoms with van der Waals surface area (Å²) in [5.41, 5.74) is 8.40. The van der Waals surface area contributed by atoms with Crippen LogP contribution in [-0.2, 0) is 0 Å². The topological polar surface area (TPSA) is 84.1 Å². The summed E-state index contributed by atoms with van der Waals surface area (Å²) in [6.07, 6.45) is 1.10. The van der Waals surface area contributed by atoms with E-state index < -0.39 is 0 Å². The van der Waals surface area contributed by atoms with Gasteiger partial charge in [0, 0.05) is 29.8 Å². The van der Waals surface area contributed by atoms with Gasteiger partial charge in [0.05, 0.1) is 17.8 Å². The summed E-state index contributed by atoms with van der Waals surface area (Å²) >= 11 is 7.14. The second kappa shape index (κ2) is 5.15. The average Bonchev–Trinajstić information content (AvgIpc) is 3.29. The van der Waals surface area contributed by atoms with Gasteiger partial charge in [-0.1, -0.05) is 11.6 Å². The fourth-order valence-electron chi connectivity index (χ4n) is 3.77. The van der Waals surface area contributed by atoms with Crippen molar-refractivity contribution in [2.75, 3.05) is 28.6 Å². The Labute approximate surface area is 147 Å². The van der Waals surface area contributed by atoms with Gasteiger partial charge in [-0.3, -0.25) is 0 Å². The van der Waals surface area contributed by atoms with Crippen LogP contribution in [0.25, 0.3) is 11.2 Å². The maximum absolute atomic E-state index is 6.00. The molecule has 0 saturated carbocycles. The number of nitrogens with two attached hydrogens (primary N) is 1. The Morgan fingerprint density at radius 3 is 2.54 bits per heavy atom. The number of aromatic nitrogens is 4. The Kier molecular flexibility index (Phi) is 3.04. The van der Waals surface area contributed by atoms with E-state index >= 15 is 0 Å². The van der Waals surface area contributed by atoms with Crippen molar-refractivity contribution in [2.24, 2.45) is 0 Å². The standard InChI is InChI=1S/C15H14ClN7S/c16-8-1-3-9(4-2-8)22-6-11-5-10(22)7-23(11)14-12-13(21-24-20-12)18-15(17)19-14/h1-4,10-11H,5-7H2,(H2,17,18,21)/t10-,11-/m0/s1. The molecule has 122 valence electrons. The number of rotatable bonds is 2. The highest BCUT2D eigenvalue weighted by molar-refractivity contribution is 7.00. The Hall–Kier alpha value is -2.19. The van der Waals surface area contributed by atoms with Gasteiger partial charge in [-0.25, -0.2) is 0 Å². The number of halogens is 1. The second-order valence-electron chi connectivity index (χ2n) is 6.17. The average molecular weight is 360 g/mol. The molecule has 0 radical (unpaired) electrons. The lowest BCUT2D eigenvalue weighted by atomic mass is 10.2. The van der Waals surface area contributed by atoms with Gasteiger partial charge < -0.3 is 15.5 Å². The van der Waals surface area contributed by atoms with E-state index in [9.17, 15) is 0 Å². The van der Waals surface area contributed by atoms with Crippen molar-refractivity contribution in [2.45, 2.75) is 18.5 Å². The molecular formula is C15H14ClN7S. The minimum absolute atomic E-state index is 0.252. The zero-order chi connectivity index (χ0) is 16.3. The van der Waals surface area contributed by atoms with Crippen LogP contribution in [-0.4, -0.2) is 43.9 Å². The van der Waals surface area contributed by atoms with Crippen LogP contribution < -0.4 is 15.5 Å². The summed E-state index contributed by atoms with van der Waals surface area (Å²) in [6.45, 7) is 1.85. The molecule has 3 aromatic rings. The zero-order valence-corrected chi connectivity index (χ0v) is 14.2. The fourth-order valence-corrected chi connectivity index (χ4v) is 4.38. The molecule has 1 aromatic carbocycles. The Morgan fingerprint density at radius 1 is 1.04 bits per heavy atom. The lowest BCUT2D eigenvalue weighted by Gasteiger charge is -2.36. The molecule has 0 spiro atoms. The molecule has 4 heterocycles. The summed E-state index contributed by atoms with van der Waals surface area (Å²) in [4.78, 5) is 13.3. The molecule has 24 heavy (non-hydrogen) atoms. The van der Waals surface area contributed by atoms with E-state index in [1.807, 2.05) is 12.1 Å². The van der Waals surface area contributed by atoms with Crippen LogP contribution in [0.5, 0.6) is 0 Å². The van der Waals surface area contributed by atoms with E-state index in [-0.39, 0.29) is 5.95 Å². The van der Waals surface area contributed by atoms with Gasteiger partial charge in [0.15, 0.2) is 11.3 Å². The van der Waals surface area contributed by atoms with E-state index in [1.54, 1.807) is 0 Å². The predicted octanol–water partition coefficient (Wildman–Crippen LogP) is 2.18. The van der Waals surface area contributed by atoms with Crippen LogP contribution in [0.15, 0.2) is 24.3 Å². The summed E-state index contributed by atoms with van der Waals surface area (Å²) < 4.78 is 8.55. The quantitative estimate of drug-likeness (QED) is 0.750. The van der Waals surface area contributed by atoms with Gasteiger partial charge in [-0.15, -0.1) is 0 Å².